The summed E-state index contributed by atoms with van der Waals surface area (Å²) >= 11 is 3.39. The summed E-state index contributed by atoms with van der Waals surface area (Å²) in [7, 11) is 0. The Morgan fingerprint density at radius 1 is 0.950 bits per heavy atom. The van der Waals surface area contributed by atoms with Crippen LogP contribution in [0.2, 0.25) is 0 Å². The summed E-state index contributed by atoms with van der Waals surface area (Å²) in [6.07, 6.45) is 3.60. The summed E-state index contributed by atoms with van der Waals surface area (Å²) in [6, 6.07) is 17.4. The van der Waals surface area contributed by atoms with Gasteiger partial charge in [-0.25, -0.2) is 4.79 Å². The highest BCUT2D eigenvalue weighted by Gasteiger charge is 2.21. The number of carbonyl (C=O) groups excluding carboxylic acids is 1. The van der Waals surface area contributed by atoms with Crippen LogP contribution in [0.5, 0.6) is 0 Å². The average Bonchev–Trinajstić information content (AvgIpc) is 2.84. The molecule has 0 aliphatic carbocycles. The molecule has 0 amide bonds. The van der Waals surface area contributed by atoms with E-state index in [-0.39, 0.29) is 5.97 Å². The molecule has 2 nitrogen and oxygen atoms in total. The van der Waals surface area contributed by atoms with E-state index in [9.17, 15) is 4.79 Å². The monoisotopic (exact) mass is 326 g/mol. The van der Waals surface area contributed by atoms with E-state index in [2.05, 4.69) is 15.9 Å². The Morgan fingerprint density at radius 2 is 1.65 bits per heavy atom. The maximum atomic E-state index is 11.9. The molecule has 1 heterocycles. The molecular weight excluding hydrogens is 316 g/mol. The molecule has 0 aromatic heterocycles. The SMILES string of the molecule is O=C1OC(c2ccccc2)=C/C1=C\c1ccc(Br)cc1. The van der Waals surface area contributed by atoms with E-state index in [1.165, 1.54) is 0 Å². The van der Waals surface area contributed by atoms with Crippen LogP contribution < -0.4 is 0 Å². The van der Waals surface area contributed by atoms with Gasteiger partial charge in [0.25, 0.3) is 0 Å². The lowest BCUT2D eigenvalue weighted by Gasteiger charge is -2.00. The summed E-state index contributed by atoms with van der Waals surface area (Å²) in [4.78, 5) is 11.9. The van der Waals surface area contributed by atoms with Gasteiger partial charge in [-0.3, -0.25) is 0 Å². The third-order valence-electron chi connectivity index (χ3n) is 2.98. The molecule has 0 bridgehead atoms. The van der Waals surface area contributed by atoms with E-state index in [4.69, 9.17) is 4.74 Å². The molecule has 1 aliphatic rings. The first kappa shape index (κ1) is 12.9. The minimum atomic E-state index is -0.313. The summed E-state index contributed by atoms with van der Waals surface area (Å²) in [5.74, 6) is 0.283. The van der Waals surface area contributed by atoms with Gasteiger partial charge in [0.1, 0.15) is 5.76 Å². The quantitative estimate of drug-likeness (QED) is 0.602. The molecule has 2 aromatic rings. The Morgan fingerprint density at radius 3 is 2.35 bits per heavy atom. The summed E-state index contributed by atoms with van der Waals surface area (Å²) < 4.78 is 6.31. The Balaban J connectivity index is 1.92. The normalized spacial score (nSPS) is 16.1. The van der Waals surface area contributed by atoms with Crippen molar-refractivity contribution in [3.05, 3.63) is 81.8 Å². The highest BCUT2D eigenvalue weighted by atomic mass is 79.9. The summed E-state index contributed by atoms with van der Waals surface area (Å²) in [5.41, 5.74) is 2.43. The fourth-order valence-corrected chi connectivity index (χ4v) is 2.24. The Bertz CT molecular complexity index is 698. The van der Waals surface area contributed by atoms with Crippen molar-refractivity contribution in [3.63, 3.8) is 0 Å². The fraction of sp³-hybridized carbons (Fsp3) is 0. The Labute approximate surface area is 125 Å². The zero-order valence-corrected chi connectivity index (χ0v) is 12.1. The average molecular weight is 327 g/mol. The lowest BCUT2D eigenvalue weighted by molar-refractivity contribution is -0.130. The molecule has 0 atom stereocenters. The third-order valence-corrected chi connectivity index (χ3v) is 3.50. The summed E-state index contributed by atoms with van der Waals surface area (Å²) in [5, 5.41) is 0. The van der Waals surface area contributed by atoms with Gasteiger partial charge in [-0.05, 0) is 29.8 Å². The van der Waals surface area contributed by atoms with Crippen molar-refractivity contribution < 1.29 is 9.53 Å². The van der Waals surface area contributed by atoms with Crippen molar-refractivity contribution in [2.24, 2.45) is 0 Å². The smallest absolute Gasteiger partial charge is 0.343 e. The van der Waals surface area contributed by atoms with Crippen LogP contribution in [0.4, 0.5) is 0 Å². The number of hydrogen-bond acceptors (Lipinski definition) is 2. The number of benzene rings is 2. The molecule has 1 aliphatic heterocycles. The number of hydrogen-bond donors (Lipinski definition) is 0. The number of ether oxygens (including phenoxy) is 1. The fourth-order valence-electron chi connectivity index (χ4n) is 1.97. The molecule has 0 radical (unpaired) electrons. The first-order chi connectivity index (χ1) is 9.72. The topological polar surface area (TPSA) is 26.3 Å². The van der Waals surface area contributed by atoms with Crippen LogP contribution in [-0.2, 0) is 9.53 Å². The number of halogens is 1. The molecule has 3 heteroatoms. The van der Waals surface area contributed by atoms with Crippen molar-refractivity contribution in [2.75, 3.05) is 0 Å². The molecule has 98 valence electrons. The minimum absolute atomic E-state index is 0.313. The molecule has 0 saturated carbocycles. The van der Waals surface area contributed by atoms with E-state index in [1.54, 1.807) is 6.08 Å². The van der Waals surface area contributed by atoms with Gasteiger partial charge in [-0.2, -0.15) is 0 Å². The second kappa shape index (κ2) is 5.47. The van der Waals surface area contributed by atoms with Gasteiger partial charge in [0.05, 0.1) is 5.57 Å². The number of carbonyl (C=O) groups is 1. The van der Waals surface area contributed by atoms with Gasteiger partial charge >= 0.3 is 5.97 Å². The third kappa shape index (κ3) is 2.73. The van der Waals surface area contributed by atoms with E-state index in [0.29, 0.717) is 11.3 Å². The zero-order valence-electron chi connectivity index (χ0n) is 10.5. The summed E-state index contributed by atoms with van der Waals surface area (Å²) in [6.45, 7) is 0. The van der Waals surface area contributed by atoms with Crippen molar-refractivity contribution in [1.82, 2.24) is 0 Å². The van der Waals surface area contributed by atoms with E-state index in [1.807, 2.05) is 60.7 Å². The van der Waals surface area contributed by atoms with Crippen LogP contribution in [-0.4, -0.2) is 5.97 Å². The number of rotatable bonds is 2. The minimum Gasteiger partial charge on any atom is -0.422 e. The predicted octanol–water partition coefficient (Wildman–Crippen LogP) is 4.43. The molecule has 2 aromatic carbocycles. The lowest BCUT2D eigenvalue weighted by atomic mass is 10.1. The highest BCUT2D eigenvalue weighted by molar-refractivity contribution is 9.10. The predicted molar refractivity (Wildman–Crippen MR) is 82.6 cm³/mol. The molecular formula is C17H11BrO2. The van der Waals surface area contributed by atoms with Gasteiger partial charge in [-0.15, -0.1) is 0 Å². The molecule has 0 saturated heterocycles. The van der Waals surface area contributed by atoms with Crippen LogP contribution in [0.3, 0.4) is 0 Å². The molecule has 0 unspecified atom stereocenters. The van der Waals surface area contributed by atoms with Gasteiger partial charge in [0, 0.05) is 10.0 Å². The van der Waals surface area contributed by atoms with Crippen LogP contribution in [0.15, 0.2) is 70.7 Å². The molecule has 3 rings (SSSR count). The van der Waals surface area contributed by atoms with E-state index < -0.39 is 0 Å². The van der Waals surface area contributed by atoms with Gasteiger partial charge < -0.3 is 4.74 Å². The second-order valence-electron chi connectivity index (χ2n) is 4.42. The molecule has 0 fully saturated rings. The van der Waals surface area contributed by atoms with Crippen LogP contribution in [0.25, 0.3) is 11.8 Å². The van der Waals surface area contributed by atoms with Crippen molar-refractivity contribution in [2.45, 2.75) is 0 Å². The van der Waals surface area contributed by atoms with E-state index in [0.717, 1.165) is 15.6 Å². The molecule has 20 heavy (non-hydrogen) atoms. The zero-order chi connectivity index (χ0) is 13.9. The van der Waals surface area contributed by atoms with E-state index >= 15 is 0 Å². The second-order valence-corrected chi connectivity index (χ2v) is 5.33. The number of esters is 1. The lowest BCUT2D eigenvalue weighted by Crippen LogP contribution is -1.97. The number of cyclic esters (lactones) is 1. The molecule has 0 N–H and O–H groups in total. The first-order valence-electron chi connectivity index (χ1n) is 6.19. The first-order valence-corrected chi connectivity index (χ1v) is 6.98. The maximum absolute atomic E-state index is 11.9. The van der Waals surface area contributed by atoms with Gasteiger partial charge in [-0.1, -0.05) is 58.4 Å². The van der Waals surface area contributed by atoms with Crippen molar-refractivity contribution >= 4 is 33.7 Å². The largest absolute Gasteiger partial charge is 0.422 e. The van der Waals surface area contributed by atoms with Crippen LogP contribution in [0.1, 0.15) is 11.1 Å². The van der Waals surface area contributed by atoms with Gasteiger partial charge in [0.15, 0.2) is 0 Å². The maximum Gasteiger partial charge on any atom is 0.343 e. The Kier molecular flexibility index (Phi) is 3.52. The van der Waals surface area contributed by atoms with Gasteiger partial charge in [0.2, 0.25) is 0 Å². The highest BCUT2D eigenvalue weighted by Crippen LogP contribution is 2.27. The van der Waals surface area contributed by atoms with Crippen LogP contribution >= 0.6 is 15.9 Å². The standard InChI is InChI=1S/C17H11BrO2/c18-15-8-6-12(7-9-15)10-14-11-16(20-17(14)19)13-4-2-1-3-5-13/h1-11H/b14-10+. The van der Waals surface area contributed by atoms with Crippen LogP contribution in [0, 0.1) is 0 Å². The van der Waals surface area contributed by atoms with Crippen molar-refractivity contribution in [3.8, 4) is 0 Å². The Hall–Kier alpha value is -2.13. The van der Waals surface area contributed by atoms with Crippen molar-refractivity contribution in [1.29, 1.82) is 0 Å². The molecule has 0 spiro atoms.